The number of ether oxygens (including phenoxy) is 1. The molecule has 1 fully saturated rings. The van der Waals surface area contributed by atoms with E-state index in [4.69, 9.17) is 10.5 Å². The third kappa shape index (κ3) is 3.77. The van der Waals surface area contributed by atoms with Gasteiger partial charge < -0.3 is 10.5 Å². The van der Waals surface area contributed by atoms with Crippen molar-refractivity contribution in [1.82, 2.24) is 0 Å². The number of benzene rings is 1. The minimum Gasteiger partial charge on any atom is -0.369 e. The van der Waals surface area contributed by atoms with Crippen molar-refractivity contribution in [2.45, 2.75) is 45.3 Å². The highest BCUT2D eigenvalue weighted by atomic mass is 19.1. The van der Waals surface area contributed by atoms with Crippen LogP contribution in [0.2, 0.25) is 0 Å². The predicted molar refractivity (Wildman–Crippen MR) is 75.2 cm³/mol. The molecule has 4 atom stereocenters. The molecule has 1 aromatic rings. The Bertz CT molecular complexity index is 392. The van der Waals surface area contributed by atoms with Gasteiger partial charge in [0.25, 0.3) is 0 Å². The van der Waals surface area contributed by atoms with Gasteiger partial charge in [-0.05, 0) is 48.8 Å². The summed E-state index contributed by atoms with van der Waals surface area (Å²) in [4.78, 5) is 0. The zero-order valence-corrected chi connectivity index (χ0v) is 11.8. The zero-order valence-electron chi connectivity index (χ0n) is 11.8. The summed E-state index contributed by atoms with van der Waals surface area (Å²) < 4.78 is 19.1. The van der Waals surface area contributed by atoms with E-state index < -0.39 is 0 Å². The lowest BCUT2D eigenvalue weighted by Gasteiger charge is -2.34. The van der Waals surface area contributed by atoms with E-state index in [0.717, 1.165) is 24.3 Å². The van der Waals surface area contributed by atoms with Gasteiger partial charge in [0.15, 0.2) is 0 Å². The van der Waals surface area contributed by atoms with Crippen molar-refractivity contribution >= 4 is 0 Å². The molecule has 0 aromatic heterocycles. The molecule has 2 rings (SSSR count). The molecule has 2 nitrogen and oxygen atoms in total. The minimum absolute atomic E-state index is 0.119. The third-order valence-electron chi connectivity index (χ3n) is 4.36. The van der Waals surface area contributed by atoms with Crippen molar-refractivity contribution in [2.75, 3.05) is 6.54 Å². The maximum atomic E-state index is 12.9. The molecule has 19 heavy (non-hydrogen) atoms. The summed E-state index contributed by atoms with van der Waals surface area (Å²) in [7, 11) is 0. The van der Waals surface area contributed by atoms with Crippen molar-refractivity contribution in [3.05, 3.63) is 35.6 Å². The summed E-state index contributed by atoms with van der Waals surface area (Å²) in [6.07, 6.45) is 3.57. The van der Waals surface area contributed by atoms with Crippen LogP contribution in [0.5, 0.6) is 0 Å². The van der Waals surface area contributed by atoms with Gasteiger partial charge in [-0.25, -0.2) is 4.39 Å². The van der Waals surface area contributed by atoms with Crippen LogP contribution in [0.15, 0.2) is 24.3 Å². The highest BCUT2D eigenvalue weighted by Crippen LogP contribution is 2.33. The molecule has 0 heterocycles. The number of hydrogen-bond acceptors (Lipinski definition) is 2. The molecule has 1 saturated carbocycles. The Kier molecular flexibility index (Phi) is 4.94. The van der Waals surface area contributed by atoms with Crippen LogP contribution in [0.1, 0.15) is 44.8 Å². The van der Waals surface area contributed by atoms with Crippen LogP contribution in [0, 0.1) is 17.7 Å². The molecule has 0 spiro atoms. The molecule has 2 N–H and O–H groups in total. The van der Waals surface area contributed by atoms with Gasteiger partial charge in [-0.3, -0.25) is 0 Å². The van der Waals surface area contributed by atoms with Crippen LogP contribution in [-0.2, 0) is 4.74 Å². The van der Waals surface area contributed by atoms with E-state index in [1.165, 1.54) is 18.6 Å². The number of halogens is 1. The molecule has 4 unspecified atom stereocenters. The summed E-state index contributed by atoms with van der Waals surface area (Å²) in [5, 5.41) is 0. The molecule has 1 aliphatic carbocycles. The van der Waals surface area contributed by atoms with Crippen LogP contribution in [0.4, 0.5) is 4.39 Å². The molecule has 3 heteroatoms. The van der Waals surface area contributed by atoms with Gasteiger partial charge in [0, 0.05) is 6.54 Å². The summed E-state index contributed by atoms with van der Waals surface area (Å²) >= 11 is 0. The fourth-order valence-electron chi connectivity index (χ4n) is 2.80. The van der Waals surface area contributed by atoms with Gasteiger partial charge >= 0.3 is 0 Å². The predicted octanol–water partition coefficient (Wildman–Crippen LogP) is 3.67. The summed E-state index contributed by atoms with van der Waals surface area (Å²) in [6, 6.07) is 6.46. The molecule has 0 saturated heterocycles. The average molecular weight is 265 g/mol. The molecule has 0 aliphatic heterocycles. The van der Waals surface area contributed by atoms with E-state index in [-0.39, 0.29) is 18.0 Å². The first-order valence-corrected chi connectivity index (χ1v) is 7.21. The molecule has 0 amide bonds. The van der Waals surface area contributed by atoms with E-state index >= 15 is 0 Å². The first-order chi connectivity index (χ1) is 9.10. The number of hydrogen-bond donors (Lipinski definition) is 1. The largest absolute Gasteiger partial charge is 0.369 e. The van der Waals surface area contributed by atoms with E-state index in [1.54, 1.807) is 12.1 Å². The minimum atomic E-state index is -0.223. The topological polar surface area (TPSA) is 35.2 Å². The van der Waals surface area contributed by atoms with Crippen molar-refractivity contribution in [1.29, 1.82) is 0 Å². The quantitative estimate of drug-likeness (QED) is 0.901. The second kappa shape index (κ2) is 6.49. The molecule has 0 radical (unpaired) electrons. The van der Waals surface area contributed by atoms with Crippen molar-refractivity contribution < 1.29 is 9.13 Å². The SMILES string of the molecule is CC1CCC(OC(CN)c2ccc(F)cc2)CC1C. The molecule has 0 bridgehead atoms. The van der Waals surface area contributed by atoms with E-state index in [0.29, 0.717) is 12.5 Å². The highest BCUT2D eigenvalue weighted by molar-refractivity contribution is 5.19. The molecule has 1 aromatic carbocycles. The van der Waals surface area contributed by atoms with E-state index in [2.05, 4.69) is 13.8 Å². The van der Waals surface area contributed by atoms with Crippen LogP contribution < -0.4 is 5.73 Å². The zero-order chi connectivity index (χ0) is 13.8. The first kappa shape index (κ1) is 14.5. The Morgan fingerprint density at radius 2 is 1.89 bits per heavy atom. The van der Waals surface area contributed by atoms with Gasteiger partial charge in [0.1, 0.15) is 5.82 Å². The number of rotatable bonds is 4. The van der Waals surface area contributed by atoms with Gasteiger partial charge in [-0.1, -0.05) is 26.0 Å². The normalized spacial score (nSPS) is 29.2. The fraction of sp³-hybridized carbons (Fsp3) is 0.625. The van der Waals surface area contributed by atoms with Crippen LogP contribution in [0.25, 0.3) is 0 Å². The van der Waals surface area contributed by atoms with Gasteiger partial charge in [-0.15, -0.1) is 0 Å². The fourth-order valence-corrected chi connectivity index (χ4v) is 2.80. The summed E-state index contributed by atoms with van der Waals surface area (Å²) in [5.41, 5.74) is 6.77. The smallest absolute Gasteiger partial charge is 0.123 e. The van der Waals surface area contributed by atoms with Crippen molar-refractivity contribution in [3.63, 3.8) is 0 Å². The maximum Gasteiger partial charge on any atom is 0.123 e. The number of nitrogens with two attached hydrogens (primary N) is 1. The van der Waals surface area contributed by atoms with E-state index in [1.807, 2.05) is 0 Å². The Hall–Kier alpha value is -0.930. The Morgan fingerprint density at radius 1 is 1.21 bits per heavy atom. The van der Waals surface area contributed by atoms with Gasteiger partial charge in [0.05, 0.1) is 12.2 Å². The van der Waals surface area contributed by atoms with Crippen molar-refractivity contribution in [3.8, 4) is 0 Å². The molecular formula is C16H24FNO. The standard InChI is InChI=1S/C16H24FNO/c1-11-3-8-15(9-12(11)2)19-16(10-18)13-4-6-14(17)7-5-13/h4-7,11-12,15-16H,3,8-10,18H2,1-2H3. The van der Waals surface area contributed by atoms with Crippen LogP contribution in [-0.4, -0.2) is 12.6 Å². The maximum absolute atomic E-state index is 12.9. The van der Waals surface area contributed by atoms with Gasteiger partial charge in [-0.2, -0.15) is 0 Å². The Morgan fingerprint density at radius 3 is 2.47 bits per heavy atom. The Labute approximate surface area is 115 Å². The monoisotopic (exact) mass is 265 g/mol. The van der Waals surface area contributed by atoms with E-state index in [9.17, 15) is 4.39 Å². The molecule has 106 valence electrons. The Balaban J connectivity index is 1.97. The summed E-state index contributed by atoms with van der Waals surface area (Å²) in [6.45, 7) is 5.03. The second-order valence-corrected chi connectivity index (χ2v) is 5.80. The van der Waals surface area contributed by atoms with Crippen LogP contribution >= 0.6 is 0 Å². The first-order valence-electron chi connectivity index (χ1n) is 7.21. The average Bonchev–Trinajstić information content (AvgIpc) is 2.41. The van der Waals surface area contributed by atoms with Gasteiger partial charge in [0.2, 0.25) is 0 Å². The summed E-state index contributed by atoms with van der Waals surface area (Å²) in [5.74, 6) is 1.26. The molecular weight excluding hydrogens is 241 g/mol. The lowest BCUT2D eigenvalue weighted by molar-refractivity contribution is -0.0449. The third-order valence-corrected chi connectivity index (χ3v) is 4.36. The van der Waals surface area contributed by atoms with Crippen LogP contribution in [0.3, 0.4) is 0 Å². The second-order valence-electron chi connectivity index (χ2n) is 5.80. The molecule has 1 aliphatic rings. The lowest BCUT2D eigenvalue weighted by Crippen LogP contribution is -2.30. The lowest BCUT2D eigenvalue weighted by atomic mass is 9.80. The van der Waals surface area contributed by atoms with Crippen molar-refractivity contribution in [2.24, 2.45) is 17.6 Å². The highest BCUT2D eigenvalue weighted by Gasteiger charge is 2.27.